The van der Waals surface area contributed by atoms with Crippen LogP contribution in [-0.4, -0.2) is 23.5 Å². The van der Waals surface area contributed by atoms with Gasteiger partial charge in [-0.05, 0) is 57.4 Å². The quantitative estimate of drug-likeness (QED) is 0.623. The Morgan fingerprint density at radius 3 is 2.30 bits per heavy atom. The Bertz CT molecular complexity index is 368. The standard InChI is InChI=1S/C16H27NO3/c1-6-14(18)17-12(4)15(19)20-16(5)9-7-13(8-10-16)11(2)3/h6,11-13H,1,7-10H2,2-5H3,(H,17,18)/t12-,13?,16?/m1/s1. The zero-order chi connectivity index (χ0) is 15.3. The van der Waals surface area contributed by atoms with Gasteiger partial charge in [0.05, 0.1) is 0 Å². The zero-order valence-electron chi connectivity index (χ0n) is 13.1. The second kappa shape index (κ2) is 6.91. The minimum Gasteiger partial charge on any atom is -0.458 e. The van der Waals surface area contributed by atoms with Crippen molar-refractivity contribution in [1.29, 1.82) is 0 Å². The van der Waals surface area contributed by atoms with Gasteiger partial charge in [-0.3, -0.25) is 4.79 Å². The Morgan fingerprint density at radius 2 is 1.85 bits per heavy atom. The molecule has 0 aromatic carbocycles. The van der Waals surface area contributed by atoms with Crippen LogP contribution in [0.3, 0.4) is 0 Å². The van der Waals surface area contributed by atoms with Gasteiger partial charge in [-0.2, -0.15) is 0 Å². The molecule has 1 rings (SSSR count). The minimum atomic E-state index is -0.639. The number of carbonyl (C=O) groups excluding carboxylic acids is 2. The summed E-state index contributed by atoms with van der Waals surface area (Å²) in [5, 5.41) is 2.53. The highest BCUT2D eigenvalue weighted by Crippen LogP contribution is 2.37. The van der Waals surface area contributed by atoms with E-state index in [9.17, 15) is 9.59 Å². The van der Waals surface area contributed by atoms with Gasteiger partial charge < -0.3 is 10.1 Å². The molecule has 4 nitrogen and oxygen atoms in total. The Labute approximate surface area is 122 Å². The molecule has 1 fully saturated rings. The van der Waals surface area contributed by atoms with E-state index in [1.165, 1.54) is 0 Å². The summed E-state index contributed by atoms with van der Waals surface area (Å²) in [5.74, 6) is 0.675. The zero-order valence-corrected chi connectivity index (χ0v) is 13.1. The summed E-state index contributed by atoms with van der Waals surface area (Å²) in [4.78, 5) is 23.2. The average Bonchev–Trinajstić information content (AvgIpc) is 2.38. The maximum absolute atomic E-state index is 12.0. The van der Waals surface area contributed by atoms with E-state index in [0.717, 1.165) is 37.7 Å². The van der Waals surface area contributed by atoms with E-state index in [-0.39, 0.29) is 11.9 Å². The molecule has 0 aromatic rings. The van der Waals surface area contributed by atoms with Crippen LogP contribution in [0.15, 0.2) is 12.7 Å². The highest BCUT2D eigenvalue weighted by Gasteiger charge is 2.36. The molecule has 0 heterocycles. The summed E-state index contributed by atoms with van der Waals surface area (Å²) in [6.45, 7) is 11.5. The van der Waals surface area contributed by atoms with Crippen molar-refractivity contribution in [2.45, 2.75) is 65.0 Å². The van der Waals surface area contributed by atoms with Crippen LogP contribution in [0.1, 0.15) is 53.4 Å². The number of amides is 1. The van der Waals surface area contributed by atoms with Crippen molar-refractivity contribution in [2.75, 3.05) is 0 Å². The molecule has 114 valence electrons. The van der Waals surface area contributed by atoms with E-state index in [1.54, 1.807) is 6.92 Å². The van der Waals surface area contributed by atoms with Gasteiger partial charge in [0.25, 0.3) is 0 Å². The van der Waals surface area contributed by atoms with Crippen LogP contribution in [0.25, 0.3) is 0 Å². The summed E-state index contributed by atoms with van der Waals surface area (Å²) in [6, 6.07) is -0.639. The maximum atomic E-state index is 12.0. The molecule has 0 bridgehead atoms. The maximum Gasteiger partial charge on any atom is 0.328 e. The molecule has 0 saturated heterocycles. The molecule has 0 unspecified atom stereocenters. The lowest BCUT2D eigenvalue weighted by Gasteiger charge is -2.38. The van der Waals surface area contributed by atoms with Crippen LogP contribution in [0.4, 0.5) is 0 Å². The molecular weight excluding hydrogens is 254 g/mol. The molecule has 1 N–H and O–H groups in total. The fourth-order valence-corrected chi connectivity index (χ4v) is 2.68. The summed E-state index contributed by atoms with van der Waals surface area (Å²) >= 11 is 0. The lowest BCUT2D eigenvalue weighted by atomic mass is 9.75. The molecule has 1 amide bonds. The second-order valence-electron chi connectivity index (χ2n) is 6.39. The molecule has 0 aromatic heterocycles. The minimum absolute atomic E-state index is 0.358. The van der Waals surface area contributed by atoms with Gasteiger partial charge in [0.1, 0.15) is 11.6 Å². The molecule has 0 aliphatic heterocycles. The van der Waals surface area contributed by atoms with Crippen molar-refractivity contribution in [3.05, 3.63) is 12.7 Å². The van der Waals surface area contributed by atoms with Gasteiger partial charge in [0.2, 0.25) is 5.91 Å². The van der Waals surface area contributed by atoms with Gasteiger partial charge in [-0.1, -0.05) is 20.4 Å². The first-order valence-corrected chi connectivity index (χ1v) is 7.43. The van der Waals surface area contributed by atoms with E-state index in [0.29, 0.717) is 5.92 Å². The van der Waals surface area contributed by atoms with Crippen LogP contribution >= 0.6 is 0 Å². The topological polar surface area (TPSA) is 55.4 Å². The number of rotatable bonds is 5. The highest BCUT2D eigenvalue weighted by atomic mass is 16.6. The number of hydrogen-bond acceptors (Lipinski definition) is 3. The van der Waals surface area contributed by atoms with Crippen molar-refractivity contribution < 1.29 is 14.3 Å². The van der Waals surface area contributed by atoms with Gasteiger partial charge in [-0.15, -0.1) is 0 Å². The van der Waals surface area contributed by atoms with Crippen LogP contribution < -0.4 is 5.32 Å². The Hall–Kier alpha value is -1.32. The number of hydrogen-bond donors (Lipinski definition) is 1. The SMILES string of the molecule is C=CC(=O)N[C@H](C)C(=O)OC1(C)CCC(C(C)C)CC1. The lowest BCUT2D eigenvalue weighted by molar-refractivity contribution is -0.165. The second-order valence-corrected chi connectivity index (χ2v) is 6.39. The van der Waals surface area contributed by atoms with Crippen LogP contribution in [-0.2, 0) is 14.3 Å². The summed E-state index contributed by atoms with van der Waals surface area (Å²) in [6.07, 6.45) is 5.12. The van der Waals surface area contributed by atoms with Crippen molar-refractivity contribution in [3.63, 3.8) is 0 Å². The van der Waals surface area contributed by atoms with Crippen molar-refractivity contribution in [3.8, 4) is 0 Å². The van der Waals surface area contributed by atoms with Crippen molar-refractivity contribution in [2.24, 2.45) is 11.8 Å². The summed E-state index contributed by atoms with van der Waals surface area (Å²) in [5.41, 5.74) is -0.393. The van der Waals surface area contributed by atoms with Crippen molar-refractivity contribution in [1.82, 2.24) is 5.32 Å². The van der Waals surface area contributed by atoms with E-state index < -0.39 is 11.6 Å². The van der Waals surface area contributed by atoms with E-state index >= 15 is 0 Å². The van der Waals surface area contributed by atoms with Gasteiger partial charge >= 0.3 is 5.97 Å². The first-order valence-electron chi connectivity index (χ1n) is 7.43. The number of nitrogens with one attached hydrogen (secondary N) is 1. The third-order valence-corrected chi connectivity index (χ3v) is 4.28. The third kappa shape index (κ3) is 4.66. The average molecular weight is 281 g/mol. The molecular formula is C16H27NO3. The Balaban J connectivity index is 2.49. The van der Waals surface area contributed by atoms with Gasteiger partial charge in [-0.25, -0.2) is 4.79 Å². The van der Waals surface area contributed by atoms with E-state index in [2.05, 4.69) is 25.7 Å². The van der Waals surface area contributed by atoms with Crippen LogP contribution in [0, 0.1) is 11.8 Å². The number of ether oxygens (including phenoxy) is 1. The predicted octanol–water partition coefficient (Wildman–Crippen LogP) is 2.83. The number of carbonyl (C=O) groups is 2. The molecule has 1 atom stereocenters. The summed E-state index contributed by atoms with van der Waals surface area (Å²) in [7, 11) is 0. The van der Waals surface area contributed by atoms with Crippen molar-refractivity contribution >= 4 is 11.9 Å². The Morgan fingerprint density at radius 1 is 1.30 bits per heavy atom. The largest absolute Gasteiger partial charge is 0.458 e. The van der Waals surface area contributed by atoms with Crippen LogP contribution in [0.2, 0.25) is 0 Å². The van der Waals surface area contributed by atoms with Crippen LogP contribution in [0.5, 0.6) is 0 Å². The highest BCUT2D eigenvalue weighted by molar-refractivity contribution is 5.90. The normalized spacial score (nSPS) is 27.8. The smallest absolute Gasteiger partial charge is 0.328 e. The fraction of sp³-hybridized carbons (Fsp3) is 0.750. The molecule has 1 saturated carbocycles. The lowest BCUT2D eigenvalue weighted by Crippen LogP contribution is -2.44. The monoisotopic (exact) mass is 281 g/mol. The molecule has 20 heavy (non-hydrogen) atoms. The molecule has 1 aliphatic carbocycles. The van der Waals surface area contributed by atoms with Gasteiger partial charge in [0.15, 0.2) is 0 Å². The first-order chi connectivity index (χ1) is 9.27. The molecule has 0 radical (unpaired) electrons. The van der Waals surface area contributed by atoms with E-state index in [4.69, 9.17) is 4.74 Å². The molecule has 0 spiro atoms. The molecule has 1 aliphatic rings. The third-order valence-electron chi connectivity index (χ3n) is 4.28. The molecule has 4 heteroatoms. The van der Waals surface area contributed by atoms with E-state index in [1.807, 2.05) is 6.92 Å². The number of esters is 1. The summed E-state index contributed by atoms with van der Waals surface area (Å²) < 4.78 is 5.63. The first kappa shape index (κ1) is 16.7. The fourth-order valence-electron chi connectivity index (χ4n) is 2.68. The predicted molar refractivity (Wildman–Crippen MR) is 79.1 cm³/mol. The van der Waals surface area contributed by atoms with Gasteiger partial charge in [0, 0.05) is 0 Å². The Kier molecular flexibility index (Phi) is 5.78.